The number of hydrazine groups is 1. The van der Waals surface area contributed by atoms with Gasteiger partial charge in [-0.15, -0.1) is 10.2 Å². The summed E-state index contributed by atoms with van der Waals surface area (Å²) in [6, 6.07) is 30.9. The van der Waals surface area contributed by atoms with Gasteiger partial charge in [-0.05, 0) is 63.1 Å². The molecule has 1 aromatic heterocycles. The van der Waals surface area contributed by atoms with Crippen LogP contribution in [0.25, 0.3) is 21.1 Å². The van der Waals surface area contributed by atoms with Crippen molar-refractivity contribution in [2.75, 3.05) is 0 Å². The van der Waals surface area contributed by atoms with Crippen LogP contribution in [-0.2, 0) is 0 Å². The summed E-state index contributed by atoms with van der Waals surface area (Å²) >= 11 is 1.64. The van der Waals surface area contributed by atoms with Crippen molar-refractivity contribution in [3.8, 4) is 21.1 Å². The Bertz CT molecular complexity index is 1580. The Morgan fingerprint density at radius 3 is 1.70 bits per heavy atom. The molecule has 5 aromatic rings. The van der Waals surface area contributed by atoms with E-state index in [0.29, 0.717) is 11.1 Å². The lowest BCUT2D eigenvalue weighted by Gasteiger charge is -2.09. The first-order valence-corrected chi connectivity index (χ1v) is 15.3. The highest BCUT2D eigenvalue weighted by Gasteiger charge is 2.12. The SMILES string of the molecule is C.CC.CC.Cc1ccc(C)c(-c2nnc(-c3ccccc3)s2)c1.Cc1ccc(C)c(C(=O)NNC(=O)c2ccccc2)c1. The van der Waals surface area contributed by atoms with E-state index in [1.54, 1.807) is 41.7 Å². The molecule has 0 radical (unpaired) electrons. The van der Waals surface area contributed by atoms with Crippen molar-refractivity contribution in [2.45, 2.75) is 62.8 Å². The Labute approximate surface area is 267 Å². The van der Waals surface area contributed by atoms with Gasteiger partial charge in [0, 0.05) is 22.3 Å². The molecule has 44 heavy (non-hydrogen) atoms. The number of benzene rings is 4. The van der Waals surface area contributed by atoms with E-state index in [9.17, 15) is 9.59 Å². The van der Waals surface area contributed by atoms with E-state index in [1.807, 2.05) is 77.9 Å². The first kappa shape index (κ1) is 37.4. The standard InChI is InChI=1S/C16H16N2O2.C16H14N2S.2C2H6.CH4/c1-11-8-9-12(2)14(10-11)16(20)18-17-15(19)13-6-4-3-5-7-13;1-11-8-9-12(2)14(10-11)16-18-17-15(19-16)13-6-4-3-5-7-13;2*1-2;/h3-10H,1-2H3,(H,17,19)(H,18,20);3-10H,1-2H3;2*1-2H3;1H4. The molecule has 2 amide bonds. The molecule has 1 heterocycles. The van der Waals surface area contributed by atoms with Gasteiger partial charge in [-0.2, -0.15) is 0 Å². The number of nitrogens with one attached hydrogen (secondary N) is 2. The van der Waals surface area contributed by atoms with E-state index in [0.717, 1.165) is 26.7 Å². The van der Waals surface area contributed by atoms with Gasteiger partial charge in [-0.25, -0.2) is 0 Å². The Balaban J connectivity index is 0.000000388. The van der Waals surface area contributed by atoms with Gasteiger partial charge in [-0.1, -0.05) is 130 Å². The number of hydrogen-bond donors (Lipinski definition) is 2. The van der Waals surface area contributed by atoms with Crippen molar-refractivity contribution in [3.05, 3.63) is 130 Å². The Morgan fingerprint density at radius 2 is 1.09 bits per heavy atom. The fraction of sp³-hybridized carbons (Fsp3) is 0.243. The number of aromatic nitrogens is 2. The van der Waals surface area contributed by atoms with E-state index < -0.39 is 0 Å². The molecule has 0 saturated carbocycles. The summed E-state index contributed by atoms with van der Waals surface area (Å²) in [4.78, 5) is 23.8. The zero-order valence-electron chi connectivity index (χ0n) is 26.4. The summed E-state index contributed by atoms with van der Waals surface area (Å²) in [7, 11) is 0. The highest BCUT2D eigenvalue weighted by molar-refractivity contribution is 7.17. The molecule has 0 aliphatic rings. The van der Waals surface area contributed by atoms with E-state index in [2.05, 4.69) is 65.2 Å². The molecular weight excluding hydrogens is 565 g/mol. The molecule has 0 spiro atoms. The Morgan fingerprint density at radius 1 is 0.591 bits per heavy atom. The molecule has 232 valence electrons. The lowest BCUT2D eigenvalue weighted by Crippen LogP contribution is -2.41. The predicted octanol–water partition coefficient (Wildman–Crippen LogP) is 9.56. The van der Waals surface area contributed by atoms with Gasteiger partial charge in [0.1, 0.15) is 10.0 Å². The van der Waals surface area contributed by atoms with Crippen LogP contribution in [-0.4, -0.2) is 22.0 Å². The second kappa shape index (κ2) is 19.5. The summed E-state index contributed by atoms with van der Waals surface area (Å²) in [6.45, 7) is 16.0. The van der Waals surface area contributed by atoms with Gasteiger partial charge in [0.2, 0.25) is 0 Å². The van der Waals surface area contributed by atoms with Crippen molar-refractivity contribution in [1.82, 2.24) is 21.0 Å². The molecule has 4 aromatic carbocycles. The minimum Gasteiger partial charge on any atom is -0.267 e. The molecule has 0 bridgehead atoms. The quantitative estimate of drug-likeness (QED) is 0.199. The molecule has 2 N–H and O–H groups in total. The third kappa shape index (κ3) is 10.9. The first-order valence-electron chi connectivity index (χ1n) is 14.5. The fourth-order valence-electron chi connectivity index (χ4n) is 3.82. The number of carbonyl (C=O) groups excluding carboxylic acids is 2. The molecule has 0 unspecified atom stereocenters. The highest BCUT2D eigenvalue weighted by Crippen LogP contribution is 2.31. The Kier molecular flexibility index (Phi) is 16.6. The predicted molar refractivity (Wildman–Crippen MR) is 187 cm³/mol. The van der Waals surface area contributed by atoms with E-state index in [1.165, 1.54) is 16.7 Å². The van der Waals surface area contributed by atoms with Crippen molar-refractivity contribution in [2.24, 2.45) is 0 Å². The first-order chi connectivity index (χ1) is 20.8. The molecule has 0 aliphatic carbocycles. The van der Waals surface area contributed by atoms with Gasteiger partial charge < -0.3 is 0 Å². The van der Waals surface area contributed by atoms with Crippen LogP contribution in [0.4, 0.5) is 0 Å². The lowest BCUT2D eigenvalue weighted by molar-refractivity contribution is 0.0846. The molecule has 0 atom stereocenters. The van der Waals surface area contributed by atoms with Crippen LogP contribution >= 0.6 is 11.3 Å². The van der Waals surface area contributed by atoms with Crippen molar-refractivity contribution >= 4 is 23.2 Å². The average Bonchev–Trinajstić information content (AvgIpc) is 3.55. The number of carbonyl (C=O) groups is 2. The van der Waals surface area contributed by atoms with E-state index >= 15 is 0 Å². The second-order valence-electron chi connectivity index (χ2n) is 9.19. The largest absolute Gasteiger partial charge is 0.269 e. The minimum atomic E-state index is -0.343. The molecular formula is C37H46N4O2S. The van der Waals surface area contributed by atoms with Gasteiger partial charge in [0.05, 0.1) is 0 Å². The maximum absolute atomic E-state index is 12.0. The molecule has 7 heteroatoms. The summed E-state index contributed by atoms with van der Waals surface area (Å²) in [5, 5.41) is 10.6. The zero-order valence-corrected chi connectivity index (χ0v) is 27.2. The normalized spacial score (nSPS) is 9.36. The van der Waals surface area contributed by atoms with E-state index in [-0.39, 0.29) is 19.2 Å². The van der Waals surface area contributed by atoms with Crippen LogP contribution in [0.1, 0.15) is 78.1 Å². The van der Waals surface area contributed by atoms with Crippen LogP contribution in [0.2, 0.25) is 0 Å². The second-order valence-corrected chi connectivity index (χ2v) is 10.2. The number of amides is 2. The fourth-order valence-corrected chi connectivity index (χ4v) is 4.75. The zero-order chi connectivity index (χ0) is 31.8. The van der Waals surface area contributed by atoms with Crippen LogP contribution < -0.4 is 10.9 Å². The average molecular weight is 611 g/mol. The third-order valence-corrected chi connectivity index (χ3v) is 7.04. The summed E-state index contributed by atoms with van der Waals surface area (Å²) in [5.74, 6) is -0.667. The minimum absolute atomic E-state index is 0. The lowest BCUT2D eigenvalue weighted by atomic mass is 10.1. The van der Waals surface area contributed by atoms with Gasteiger partial charge in [0.15, 0.2) is 0 Å². The molecule has 6 nitrogen and oxygen atoms in total. The van der Waals surface area contributed by atoms with E-state index in [4.69, 9.17) is 0 Å². The van der Waals surface area contributed by atoms with Crippen LogP contribution in [0, 0.1) is 27.7 Å². The maximum Gasteiger partial charge on any atom is 0.269 e. The topological polar surface area (TPSA) is 84.0 Å². The Hall–Kier alpha value is -4.62. The summed E-state index contributed by atoms with van der Waals surface area (Å²) < 4.78 is 0. The van der Waals surface area contributed by atoms with Crippen LogP contribution in [0.5, 0.6) is 0 Å². The van der Waals surface area contributed by atoms with Crippen molar-refractivity contribution in [3.63, 3.8) is 0 Å². The number of aryl methyl sites for hydroxylation is 4. The van der Waals surface area contributed by atoms with Crippen molar-refractivity contribution in [1.29, 1.82) is 0 Å². The number of rotatable bonds is 4. The summed E-state index contributed by atoms with van der Waals surface area (Å²) in [6.07, 6.45) is 0. The number of hydrogen-bond acceptors (Lipinski definition) is 5. The van der Waals surface area contributed by atoms with Crippen molar-refractivity contribution < 1.29 is 9.59 Å². The maximum atomic E-state index is 12.0. The monoisotopic (exact) mass is 610 g/mol. The molecule has 0 fully saturated rings. The summed E-state index contributed by atoms with van der Waals surface area (Å²) in [5.41, 5.74) is 12.5. The van der Waals surface area contributed by atoms with Crippen LogP contribution in [0.3, 0.4) is 0 Å². The third-order valence-electron chi connectivity index (χ3n) is 6.03. The molecule has 0 aliphatic heterocycles. The highest BCUT2D eigenvalue weighted by atomic mass is 32.1. The molecule has 0 saturated heterocycles. The smallest absolute Gasteiger partial charge is 0.267 e. The van der Waals surface area contributed by atoms with Crippen LogP contribution in [0.15, 0.2) is 97.1 Å². The molecule has 5 rings (SSSR count). The number of nitrogens with zero attached hydrogens (tertiary/aromatic N) is 2. The van der Waals surface area contributed by atoms with Gasteiger partial charge >= 0.3 is 0 Å². The van der Waals surface area contributed by atoms with Gasteiger partial charge in [-0.3, -0.25) is 20.4 Å². The van der Waals surface area contributed by atoms with Gasteiger partial charge in [0.25, 0.3) is 11.8 Å².